The molecule has 8 heteroatoms. The summed E-state index contributed by atoms with van der Waals surface area (Å²) in [5, 5.41) is 11.3. The van der Waals surface area contributed by atoms with Gasteiger partial charge in [-0.2, -0.15) is 0 Å². The number of rotatable bonds is 12. The van der Waals surface area contributed by atoms with Crippen molar-refractivity contribution in [1.29, 1.82) is 0 Å². The number of hydrogen-bond donors (Lipinski definition) is 2. The molecule has 0 radical (unpaired) electrons. The molecule has 0 aromatic carbocycles. The second-order valence-electron chi connectivity index (χ2n) is 6.53. The van der Waals surface area contributed by atoms with Gasteiger partial charge in [-0.15, -0.1) is 0 Å². The normalized spacial score (nSPS) is 10.7. The number of aromatic nitrogens is 2. The van der Waals surface area contributed by atoms with E-state index in [2.05, 4.69) is 5.32 Å². The number of carboxylic acid groups (broad SMARTS) is 1. The van der Waals surface area contributed by atoms with Gasteiger partial charge in [0.15, 0.2) is 0 Å². The Morgan fingerprint density at radius 3 is 2.08 bits per heavy atom. The van der Waals surface area contributed by atoms with Gasteiger partial charge in [0, 0.05) is 33.3 Å². The lowest BCUT2D eigenvalue weighted by atomic mass is 10.1. The number of unbranched alkanes of at least 4 members (excludes halogenated alkanes) is 7. The summed E-state index contributed by atoms with van der Waals surface area (Å²) in [5.41, 5.74) is -1.08. The number of aliphatic carboxylic acids is 1. The highest BCUT2D eigenvalue weighted by Crippen LogP contribution is 2.09. The van der Waals surface area contributed by atoms with Gasteiger partial charge in [-0.25, -0.2) is 4.79 Å². The maximum Gasteiger partial charge on any atom is 0.330 e. The van der Waals surface area contributed by atoms with E-state index in [0.717, 1.165) is 55.9 Å². The molecule has 1 aromatic heterocycles. The Morgan fingerprint density at radius 1 is 0.962 bits per heavy atom. The molecule has 0 spiro atoms. The van der Waals surface area contributed by atoms with Gasteiger partial charge in [0.25, 0.3) is 11.5 Å². The van der Waals surface area contributed by atoms with E-state index in [1.54, 1.807) is 0 Å². The van der Waals surface area contributed by atoms with Crippen molar-refractivity contribution < 1.29 is 14.7 Å². The largest absolute Gasteiger partial charge is 0.481 e. The van der Waals surface area contributed by atoms with Gasteiger partial charge >= 0.3 is 11.7 Å². The van der Waals surface area contributed by atoms with E-state index in [9.17, 15) is 19.2 Å². The van der Waals surface area contributed by atoms with Crippen LogP contribution in [0.15, 0.2) is 15.8 Å². The van der Waals surface area contributed by atoms with E-state index in [-0.39, 0.29) is 12.0 Å². The first-order valence-corrected chi connectivity index (χ1v) is 9.11. The van der Waals surface area contributed by atoms with Crippen molar-refractivity contribution >= 4 is 11.9 Å². The highest BCUT2D eigenvalue weighted by atomic mass is 16.4. The van der Waals surface area contributed by atoms with E-state index in [1.165, 1.54) is 24.9 Å². The molecule has 1 heterocycles. The van der Waals surface area contributed by atoms with Crippen LogP contribution in [0.3, 0.4) is 0 Å². The van der Waals surface area contributed by atoms with Gasteiger partial charge in [0.1, 0.15) is 5.56 Å². The first-order valence-electron chi connectivity index (χ1n) is 9.11. The number of amides is 1. The molecular weight excluding hydrogens is 338 g/mol. The van der Waals surface area contributed by atoms with Gasteiger partial charge in [0.05, 0.1) is 0 Å². The van der Waals surface area contributed by atoms with E-state index in [0.29, 0.717) is 6.54 Å². The molecule has 8 nitrogen and oxygen atoms in total. The van der Waals surface area contributed by atoms with Crippen molar-refractivity contribution in [3.8, 4) is 0 Å². The summed E-state index contributed by atoms with van der Waals surface area (Å²) < 4.78 is 2.14. The Bertz CT molecular complexity index is 721. The van der Waals surface area contributed by atoms with Crippen molar-refractivity contribution in [3.63, 3.8) is 0 Å². The predicted molar refractivity (Wildman–Crippen MR) is 98.4 cm³/mol. The Balaban J connectivity index is 2.17. The van der Waals surface area contributed by atoms with Crippen molar-refractivity contribution in [2.75, 3.05) is 6.54 Å². The smallest absolute Gasteiger partial charge is 0.330 e. The molecule has 26 heavy (non-hydrogen) atoms. The maximum absolute atomic E-state index is 12.1. The van der Waals surface area contributed by atoms with Gasteiger partial charge in [-0.1, -0.05) is 38.5 Å². The maximum atomic E-state index is 12.1. The van der Waals surface area contributed by atoms with Crippen LogP contribution in [0, 0.1) is 0 Å². The molecule has 0 atom stereocenters. The SMILES string of the molecule is Cn1cc(C(=O)NCCCCCCCCCCC(=O)O)c(=O)n(C)c1=O. The zero-order valence-corrected chi connectivity index (χ0v) is 15.6. The molecule has 0 aliphatic rings. The summed E-state index contributed by atoms with van der Waals surface area (Å²) >= 11 is 0. The topological polar surface area (TPSA) is 110 Å². The number of aryl methyl sites for hydroxylation is 1. The van der Waals surface area contributed by atoms with Crippen LogP contribution in [0.25, 0.3) is 0 Å². The van der Waals surface area contributed by atoms with E-state index >= 15 is 0 Å². The minimum Gasteiger partial charge on any atom is -0.481 e. The molecule has 0 saturated carbocycles. The Morgan fingerprint density at radius 2 is 1.50 bits per heavy atom. The van der Waals surface area contributed by atoms with Crippen molar-refractivity contribution in [3.05, 3.63) is 32.6 Å². The summed E-state index contributed by atoms with van der Waals surface area (Å²) in [6.45, 7) is 0.490. The Kier molecular flexibility index (Phi) is 9.40. The number of carbonyl (C=O) groups excluding carboxylic acids is 1. The number of nitrogens with zero attached hydrogens (tertiary/aromatic N) is 2. The van der Waals surface area contributed by atoms with Crippen LogP contribution in [-0.2, 0) is 18.9 Å². The van der Waals surface area contributed by atoms with E-state index in [4.69, 9.17) is 5.11 Å². The number of carbonyl (C=O) groups is 2. The van der Waals surface area contributed by atoms with Crippen molar-refractivity contribution in [2.24, 2.45) is 14.1 Å². The monoisotopic (exact) mass is 367 g/mol. The molecule has 2 N–H and O–H groups in total. The third-order valence-corrected chi connectivity index (χ3v) is 4.29. The predicted octanol–water partition coefficient (Wildman–Crippen LogP) is 1.41. The zero-order chi connectivity index (χ0) is 19.5. The van der Waals surface area contributed by atoms with Crippen LogP contribution in [0.5, 0.6) is 0 Å². The molecule has 146 valence electrons. The second-order valence-corrected chi connectivity index (χ2v) is 6.53. The van der Waals surface area contributed by atoms with Crippen LogP contribution >= 0.6 is 0 Å². The van der Waals surface area contributed by atoms with Crippen LogP contribution in [-0.4, -0.2) is 32.7 Å². The van der Waals surface area contributed by atoms with Crippen molar-refractivity contribution in [1.82, 2.24) is 14.5 Å². The summed E-state index contributed by atoms with van der Waals surface area (Å²) in [5.74, 6) is -1.19. The third-order valence-electron chi connectivity index (χ3n) is 4.29. The molecule has 0 saturated heterocycles. The number of hydrogen-bond acceptors (Lipinski definition) is 4. The summed E-state index contributed by atoms with van der Waals surface area (Å²) in [7, 11) is 2.85. The highest BCUT2D eigenvalue weighted by molar-refractivity contribution is 5.93. The van der Waals surface area contributed by atoms with E-state index < -0.39 is 23.1 Å². The van der Waals surface area contributed by atoms with Crippen LogP contribution in [0.2, 0.25) is 0 Å². The number of carboxylic acids is 1. The van der Waals surface area contributed by atoms with Crippen molar-refractivity contribution in [2.45, 2.75) is 57.8 Å². The van der Waals surface area contributed by atoms with Gasteiger partial charge in [-0.05, 0) is 12.8 Å². The molecule has 1 rings (SSSR count). The number of nitrogens with one attached hydrogen (secondary N) is 1. The molecule has 0 aliphatic carbocycles. The molecule has 1 aromatic rings. The summed E-state index contributed by atoms with van der Waals surface area (Å²) in [6, 6.07) is 0. The first kappa shape index (κ1) is 21.7. The zero-order valence-electron chi connectivity index (χ0n) is 15.6. The van der Waals surface area contributed by atoms with Crippen LogP contribution in [0.4, 0.5) is 0 Å². The average molecular weight is 367 g/mol. The van der Waals surface area contributed by atoms with Crippen LogP contribution in [0.1, 0.15) is 68.1 Å². The first-order chi connectivity index (χ1) is 12.3. The summed E-state index contributed by atoms with van der Waals surface area (Å²) in [6.07, 6.45) is 9.35. The average Bonchev–Trinajstić information content (AvgIpc) is 2.60. The van der Waals surface area contributed by atoms with Gasteiger partial charge in [-0.3, -0.25) is 19.0 Å². The fourth-order valence-corrected chi connectivity index (χ4v) is 2.72. The summed E-state index contributed by atoms with van der Waals surface area (Å²) in [4.78, 5) is 46.0. The standard InChI is InChI=1S/C18H29N3O5/c1-20-13-14(17(25)21(2)18(20)26)16(24)19-12-10-8-6-4-3-5-7-9-11-15(22)23/h13H,3-12H2,1-2H3,(H,19,24)(H,22,23). The molecule has 1 amide bonds. The molecule has 0 bridgehead atoms. The molecule has 0 unspecified atom stereocenters. The fourth-order valence-electron chi connectivity index (χ4n) is 2.72. The molecule has 0 fully saturated rings. The van der Waals surface area contributed by atoms with Gasteiger partial charge in [0.2, 0.25) is 0 Å². The lowest BCUT2D eigenvalue weighted by molar-refractivity contribution is -0.137. The minimum absolute atomic E-state index is 0.0315. The lowest BCUT2D eigenvalue weighted by Crippen LogP contribution is -2.42. The fraction of sp³-hybridized carbons (Fsp3) is 0.667. The molecule has 0 aliphatic heterocycles. The Hall–Kier alpha value is -2.38. The van der Waals surface area contributed by atoms with Gasteiger partial charge < -0.3 is 15.0 Å². The highest BCUT2D eigenvalue weighted by Gasteiger charge is 2.13. The van der Waals surface area contributed by atoms with Crippen LogP contribution < -0.4 is 16.6 Å². The Labute approximate surface area is 152 Å². The second kappa shape index (κ2) is 11.3. The quantitative estimate of drug-likeness (QED) is 0.543. The van der Waals surface area contributed by atoms with E-state index in [1.807, 2.05) is 0 Å². The lowest BCUT2D eigenvalue weighted by Gasteiger charge is -2.08. The third kappa shape index (κ3) is 7.25. The minimum atomic E-state index is -0.734. The molecular formula is C18H29N3O5.